The lowest BCUT2D eigenvalue weighted by atomic mass is 9.88. The number of hydrogen-bond acceptors (Lipinski definition) is 6. The van der Waals surface area contributed by atoms with Crippen molar-refractivity contribution in [2.24, 2.45) is 0 Å². The van der Waals surface area contributed by atoms with Crippen molar-refractivity contribution in [2.45, 2.75) is 58.3 Å². The van der Waals surface area contributed by atoms with Crippen LogP contribution in [-0.2, 0) is 6.54 Å². The van der Waals surface area contributed by atoms with Gasteiger partial charge in [-0.05, 0) is 52.3 Å². The van der Waals surface area contributed by atoms with Crippen molar-refractivity contribution in [1.29, 1.82) is 0 Å². The first-order valence-electron chi connectivity index (χ1n) is 11.3. The molecule has 33 heavy (non-hydrogen) atoms. The van der Waals surface area contributed by atoms with Crippen molar-refractivity contribution in [3.63, 3.8) is 0 Å². The van der Waals surface area contributed by atoms with Gasteiger partial charge >= 0.3 is 0 Å². The second kappa shape index (κ2) is 8.37. The first-order chi connectivity index (χ1) is 15.6. The molecule has 2 atom stereocenters. The Bertz CT molecular complexity index is 1170. The average molecular weight is 456 g/mol. The highest BCUT2D eigenvalue weighted by Gasteiger charge is 2.53. The monoisotopic (exact) mass is 455 g/mol. The highest BCUT2D eigenvalue weighted by Crippen LogP contribution is 2.37. The molecule has 176 valence electrons. The Balaban J connectivity index is 1.65. The zero-order chi connectivity index (χ0) is 23.9. The summed E-state index contributed by atoms with van der Waals surface area (Å²) in [4.78, 5) is 21.2. The van der Waals surface area contributed by atoms with Gasteiger partial charge in [0.1, 0.15) is 13.2 Å². The van der Waals surface area contributed by atoms with Crippen molar-refractivity contribution >= 4 is 17.0 Å². The summed E-state index contributed by atoms with van der Waals surface area (Å²) in [6.07, 6.45) is 4.67. The third-order valence-corrected chi connectivity index (χ3v) is 6.64. The largest absolute Gasteiger partial charge is 0.498 e. The molecule has 3 aromatic heterocycles. The average Bonchev–Trinajstić information content (AvgIpc) is 3.26. The fourth-order valence-electron chi connectivity index (χ4n) is 4.60. The minimum absolute atomic E-state index is 0.210. The Morgan fingerprint density at radius 2 is 2.18 bits per heavy atom. The first-order valence-corrected chi connectivity index (χ1v) is 11.3. The molecule has 9 heteroatoms. The third kappa shape index (κ3) is 4.29. The Labute approximate surface area is 192 Å². The number of halogens is 1. The van der Waals surface area contributed by atoms with Crippen LogP contribution in [-0.4, -0.2) is 61.2 Å². The summed E-state index contributed by atoms with van der Waals surface area (Å²) in [5.74, 6) is 0.268. The number of carbonyl (C=O) groups excluding carboxylic acids is 1. The molecule has 1 unspecified atom stereocenters. The Morgan fingerprint density at radius 1 is 1.39 bits per heavy atom. The summed E-state index contributed by atoms with van der Waals surface area (Å²) in [7, 11) is 0. The number of fused-ring (bicyclic) bond motifs is 1. The van der Waals surface area contributed by atoms with Gasteiger partial charge in [-0.2, -0.15) is 5.10 Å². The number of carboxylic acid groups (broad SMARTS) is 1. The van der Waals surface area contributed by atoms with Gasteiger partial charge in [0.15, 0.2) is 5.67 Å². The predicted molar refractivity (Wildman–Crippen MR) is 120 cm³/mol. The van der Waals surface area contributed by atoms with E-state index in [1.807, 2.05) is 25.3 Å². The number of nitrogens with zero attached hydrogens (tertiary/aromatic N) is 5. The maximum absolute atomic E-state index is 16.0. The van der Waals surface area contributed by atoms with Crippen LogP contribution in [0.4, 0.5) is 9.18 Å². The van der Waals surface area contributed by atoms with E-state index in [0.717, 1.165) is 12.1 Å². The highest BCUT2D eigenvalue weighted by atomic mass is 19.1. The van der Waals surface area contributed by atoms with E-state index in [-0.39, 0.29) is 25.5 Å². The van der Waals surface area contributed by atoms with Crippen LogP contribution in [0.3, 0.4) is 0 Å². The van der Waals surface area contributed by atoms with Crippen molar-refractivity contribution in [3.05, 3.63) is 36.8 Å². The van der Waals surface area contributed by atoms with E-state index in [9.17, 15) is 9.90 Å². The summed E-state index contributed by atoms with van der Waals surface area (Å²) in [6, 6.07) is 5.45. The second-order valence-electron chi connectivity index (χ2n) is 9.80. The zero-order valence-electron chi connectivity index (χ0n) is 19.5. The topological polar surface area (TPSA) is 93.0 Å². The number of hydrogen-bond donors (Lipinski definition) is 0. The summed E-state index contributed by atoms with van der Waals surface area (Å²) in [5.41, 5.74) is -0.424. The molecule has 4 heterocycles. The normalized spacial score (nSPS) is 23.5. The van der Waals surface area contributed by atoms with Crippen molar-refractivity contribution in [2.75, 3.05) is 19.7 Å². The molecule has 0 radical (unpaired) electrons. The molecular formula is C24H30FN5O3. The minimum atomic E-state index is -1.83. The molecule has 1 fully saturated rings. The molecule has 0 spiro atoms. The van der Waals surface area contributed by atoms with E-state index < -0.39 is 21.8 Å². The van der Waals surface area contributed by atoms with Crippen LogP contribution in [0.5, 0.6) is 5.88 Å². The number of likely N-dealkylation sites (tertiary alicyclic amines) is 1. The van der Waals surface area contributed by atoms with Gasteiger partial charge in [0, 0.05) is 30.9 Å². The molecule has 1 aliphatic heterocycles. The number of ether oxygens (including phenoxy) is 1. The number of aromatic nitrogens is 4. The van der Waals surface area contributed by atoms with Crippen molar-refractivity contribution < 1.29 is 23.5 Å². The van der Waals surface area contributed by atoms with Crippen molar-refractivity contribution in [3.8, 4) is 17.1 Å². The zero-order valence-corrected chi connectivity index (χ0v) is 19.5. The molecule has 0 N–H and O–H groups in total. The standard InChI is InChI=1S/C24H30FN5O3/c1-5-29-14-17(13-27-29)19-12-20-18(8-6-10-26-20)21(28-19)33-16-24(25)9-7-11-30(15-24,22(31)32)23(2,3)4/h6,8,10,12-14H,5,7,9,11,15-16H2,1-4H3/t24-,30?/m0/s1. The molecule has 0 saturated carbocycles. The highest BCUT2D eigenvalue weighted by molar-refractivity contribution is 5.86. The third-order valence-electron chi connectivity index (χ3n) is 6.64. The van der Waals surface area contributed by atoms with E-state index in [1.165, 1.54) is 0 Å². The van der Waals surface area contributed by atoms with Gasteiger partial charge in [-0.15, -0.1) is 0 Å². The van der Waals surface area contributed by atoms with Gasteiger partial charge in [0.25, 0.3) is 6.09 Å². The molecule has 1 amide bonds. The molecule has 0 bridgehead atoms. The van der Waals surface area contributed by atoms with E-state index in [2.05, 4.69) is 15.1 Å². The predicted octanol–water partition coefficient (Wildman–Crippen LogP) is 3.35. The number of pyridine rings is 2. The number of amides is 1. The van der Waals surface area contributed by atoms with Crippen LogP contribution in [0, 0.1) is 0 Å². The molecule has 1 aliphatic rings. The molecule has 0 aliphatic carbocycles. The van der Waals surface area contributed by atoms with Gasteiger partial charge in [-0.1, -0.05) is 0 Å². The number of aryl methyl sites for hydroxylation is 1. The first kappa shape index (κ1) is 23.1. The summed E-state index contributed by atoms with van der Waals surface area (Å²) >= 11 is 0. The van der Waals surface area contributed by atoms with Crippen LogP contribution in [0.15, 0.2) is 36.8 Å². The fraction of sp³-hybridized carbons (Fsp3) is 0.500. The van der Waals surface area contributed by atoms with E-state index >= 15 is 4.39 Å². The van der Waals surface area contributed by atoms with Crippen LogP contribution >= 0.6 is 0 Å². The Hall–Kier alpha value is -3.07. The minimum Gasteiger partial charge on any atom is -0.498 e. The van der Waals surface area contributed by atoms with Crippen molar-refractivity contribution in [1.82, 2.24) is 19.7 Å². The van der Waals surface area contributed by atoms with E-state index in [0.29, 0.717) is 29.6 Å². The lowest BCUT2D eigenvalue weighted by molar-refractivity contribution is -0.929. The van der Waals surface area contributed by atoms with E-state index in [1.54, 1.807) is 43.9 Å². The maximum atomic E-state index is 16.0. The SMILES string of the molecule is CCn1cc(-c2cc3ncccc3c(OC[C@]3(F)CCC[N+](C(=O)[O-])(C(C)(C)C)C3)n2)cn1. The number of alkyl halides is 1. The number of rotatable bonds is 5. The maximum Gasteiger partial charge on any atom is 0.257 e. The fourth-order valence-corrected chi connectivity index (χ4v) is 4.60. The molecule has 3 aromatic rings. The quantitative estimate of drug-likeness (QED) is 0.548. The summed E-state index contributed by atoms with van der Waals surface area (Å²) in [6.45, 7) is 7.95. The Morgan fingerprint density at radius 3 is 2.85 bits per heavy atom. The van der Waals surface area contributed by atoms with Gasteiger partial charge in [0.2, 0.25) is 5.88 Å². The number of carbonyl (C=O) groups is 1. The second-order valence-corrected chi connectivity index (χ2v) is 9.80. The molecule has 4 rings (SSSR count). The number of piperidine rings is 1. The van der Waals surface area contributed by atoms with Crippen LogP contribution < -0.4 is 9.84 Å². The molecule has 1 saturated heterocycles. The summed E-state index contributed by atoms with van der Waals surface area (Å²) < 4.78 is 23.3. The molecule has 0 aromatic carbocycles. The smallest absolute Gasteiger partial charge is 0.257 e. The molecule has 8 nitrogen and oxygen atoms in total. The molecular weight excluding hydrogens is 425 g/mol. The van der Waals surface area contributed by atoms with Crippen LogP contribution in [0.25, 0.3) is 22.2 Å². The van der Waals surface area contributed by atoms with Crippen LogP contribution in [0.2, 0.25) is 0 Å². The van der Waals surface area contributed by atoms with Gasteiger partial charge in [-0.3, -0.25) is 14.1 Å². The number of quaternary nitrogens is 1. The summed E-state index contributed by atoms with van der Waals surface area (Å²) in [5, 5.41) is 17.1. The van der Waals surface area contributed by atoms with Gasteiger partial charge in [0.05, 0.1) is 34.9 Å². The lowest BCUT2D eigenvalue weighted by Crippen LogP contribution is -2.73. The van der Waals surface area contributed by atoms with Gasteiger partial charge < -0.3 is 14.6 Å². The Kier molecular flexibility index (Phi) is 5.86. The van der Waals surface area contributed by atoms with Crippen LogP contribution in [0.1, 0.15) is 40.5 Å². The van der Waals surface area contributed by atoms with Gasteiger partial charge in [-0.25, -0.2) is 9.37 Å². The van der Waals surface area contributed by atoms with E-state index in [4.69, 9.17) is 4.74 Å². The lowest BCUT2D eigenvalue weighted by Gasteiger charge is -2.53.